The van der Waals surface area contributed by atoms with Crippen molar-refractivity contribution in [3.8, 4) is 11.4 Å². The molecule has 0 bridgehead atoms. The molecule has 5 nitrogen and oxygen atoms in total. The highest BCUT2D eigenvalue weighted by atomic mass is 32.1. The minimum atomic E-state index is -0.261. The molecular weight excluding hydrogens is 313 g/mol. The zero-order valence-corrected chi connectivity index (χ0v) is 12.6. The van der Waals surface area contributed by atoms with Crippen LogP contribution in [0.15, 0.2) is 48.8 Å². The second kappa shape index (κ2) is 5.69. The lowest BCUT2D eigenvalue weighted by atomic mass is 10.2. The van der Waals surface area contributed by atoms with Gasteiger partial charge in [-0.3, -0.25) is 4.98 Å². The third-order valence-corrected chi connectivity index (χ3v) is 4.10. The number of aromatic nitrogens is 5. The molecule has 0 amide bonds. The summed E-state index contributed by atoms with van der Waals surface area (Å²) in [5.41, 5.74) is 1.36. The fraction of sp³-hybridized carbons (Fsp3) is 0. The van der Waals surface area contributed by atoms with Crippen LogP contribution in [0.2, 0.25) is 0 Å². The fourth-order valence-electron chi connectivity index (χ4n) is 2.15. The Morgan fingerprint density at radius 2 is 1.96 bits per heavy atom. The summed E-state index contributed by atoms with van der Waals surface area (Å²) in [6.45, 7) is 0. The number of pyridine rings is 1. The minimum Gasteiger partial charge on any atom is -0.264 e. The maximum atomic E-state index is 13.6. The highest BCUT2D eigenvalue weighted by Gasteiger charge is 2.12. The Morgan fingerprint density at radius 3 is 2.78 bits per heavy atom. The van der Waals surface area contributed by atoms with Gasteiger partial charge in [0.05, 0.1) is 0 Å². The molecule has 0 aliphatic carbocycles. The van der Waals surface area contributed by atoms with Crippen LogP contribution in [-0.4, -0.2) is 24.8 Å². The van der Waals surface area contributed by atoms with E-state index in [1.165, 1.54) is 17.4 Å². The Morgan fingerprint density at radius 1 is 1.04 bits per heavy atom. The van der Waals surface area contributed by atoms with Gasteiger partial charge in [0.25, 0.3) is 0 Å². The molecule has 4 rings (SSSR count). The van der Waals surface area contributed by atoms with Gasteiger partial charge < -0.3 is 0 Å². The molecule has 0 atom stereocenters. The van der Waals surface area contributed by atoms with E-state index in [4.69, 9.17) is 0 Å². The third kappa shape index (κ3) is 2.62. The van der Waals surface area contributed by atoms with Gasteiger partial charge in [0.15, 0.2) is 5.82 Å². The Labute approximate surface area is 134 Å². The average Bonchev–Trinajstić information content (AvgIpc) is 3.15. The topological polar surface area (TPSA) is 56.0 Å². The molecule has 0 aliphatic rings. The van der Waals surface area contributed by atoms with E-state index in [9.17, 15) is 4.39 Å². The van der Waals surface area contributed by atoms with Crippen molar-refractivity contribution in [2.75, 3.05) is 0 Å². The van der Waals surface area contributed by atoms with Crippen molar-refractivity contribution >= 4 is 28.4 Å². The molecular formula is C16H10FN5S. The van der Waals surface area contributed by atoms with Gasteiger partial charge in [-0.15, -0.1) is 10.2 Å². The molecule has 0 aliphatic heterocycles. The Bertz CT molecular complexity index is 990. The van der Waals surface area contributed by atoms with E-state index in [2.05, 4.69) is 20.3 Å². The molecule has 0 N–H and O–H groups in total. The fourth-order valence-corrected chi connectivity index (χ4v) is 2.89. The van der Waals surface area contributed by atoms with Crippen LogP contribution in [0, 0.1) is 5.82 Å². The quantitative estimate of drug-likeness (QED) is 0.578. The molecule has 0 spiro atoms. The molecule has 0 radical (unpaired) electrons. The maximum absolute atomic E-state index is 13.6. The van der Waals surface area contributed by atoms with Gasteiger partial charge in [-0.2, -0.15) is 9.61 Å². The summed E-state index contributed by atoms with van der Waals surface area (Å²) in [4.78, 5) is 4.76. The number of fused-ring (bicyclic) bond motifs is 1. The highest BCUT2D eigenvalue weighted by molar-refractivity contribution is 7.17. The van der Waals surface area contributed by atoms with Gasteiger partial charge in [0, 0.05) is 23.5 Å². The molecule has 4 aromatic rings. The second-order valence-corrected chi connectivity index (χ2v) is 5.74. The number of hydrogen-bond acceptors (Lipinski definition) is 5. The first-order valence-electron chi connectivity index (χ1n) is 6.86. The van der Waals surface area contributed by atoms with E-state index < -0.39 is 0 Å². The van der Waals surface area contributed by atoms with E-state index in [1.807, 2.05) is 12.1 Å². The van der Waals surface area contributed by atoms with Crippen LogP contribution in [-0.2, 0) is 0 Å². The van der Waals surface area contributed by atoms with Crippen LogP contribution in [0.1, 0.15) is 10.6 Å². The van der Waals surface area contributed by atoms with Crippen molar-refractivity contribution in [2.45, 2.75) is 0 Å². The van der Waals surface area contributed by atoms with Crippen LogP contribution < -0.4 is 0 Å². The van der Waals surface area contributed by atoms with E-state index in [1.54, 1.807) is 47.3 Å². The van der Waals surface area contributed by atoms with E-state index in [0.29, 0.717) is 16.3 Å². The molecule has 112 valence electrons. The van der Waals surface area contributed by atoms with Gasteiger partial charge in [-0.1, -0.05) is 29.5 Å². The van der Waals surface area contributed by atoms with E-state index in [0.717, 1.165) is 10.6 Å². The highest BCUT2D eigenvalue weighted by Crippen LogP contribution is 2.22. The normalized spacial score (nSPS) is 11.5. The second-order valence-electron chi connectivity index (χ2n) is 4.75. The van der Waals surface area contributed by atoms with Gasteiger partial charge in [-0.25, -0.2) is 4.39 Å². The van der Waals surface area contributed by atoms with Crippen molar-refractivity contribution in [1.29, 1.82) is 0 Å². The lowest BCUT2D eigenvalue weighted by Gasteiger charge is -1.95. The van der Waals surface area contributed by atoms with E-state index in [-0.39, 0.29) is 5.82 Å². The van der Waals surface area contributed by atoms with Gasteiger partial charge in [-0.05, 0) is 30.4 Å². The molecule has 7 heteroatoms. The summed E-state index contributed by atoms with van der Waals surface area (Å²) in [5, 5.41) is 13.4. The summed E-state index contributed by atoms with van der Waals surface area (Å²) in [5.74, 6) is 0.373. The van der Waals surface area contributed by atoms with Crippen molar-refractivity contribution in [2.24, 2.45) is 0 Å². The van der Waals surface area contributed by atoms with Gasteiger partial charge >= 0.3 is 0 Å². The summed E-state index contributed by atoms with van der Waals surface area (Å²) in [7, 11) is 0. The zero-order chi connectivity index (χ0) is 15.6. The van der Waals surface area contributed by atoms with Crippen LogP contribution >= 0.6 is 11.3 Å². The SMILES string of the molecule is Fc1ccccc1/C=C/c1nn2c(-c3cccnc3)nnc2s1. The number of nitrogens with zero attached hydrogens (tertiary/aromatic N) is 5. The van der Waals surface area contributed by atoms with Crippen molar-refractivity contribution in [1.82, 2.24) is 24.8 Å². The van der Waals surface area contributed by atoms with Gasteiger partial charge in [0.2, 0.25) is 4.96 Å². The number of rotatable bonds is 3. The zero-order valence-electron chi connectivity index (χ0n) is 11.8. The molecule has 0 saturated carbocycles. The van der Waals surface area contributed by atoms with Crippen LogP contribution in [0.25, 0.3) is 28.5 Å². The molecule has 1 aromatic carbocycles. The Kier molecular flexibility index (Phi) is 3.39. The molecule has 3 heterocycles. The lowest BCUT2D eigenvalue weighted by molar-refractivity contribution is 0.625. The molecule has 0 fully saturated rings. The summed E-state index contributed by atoms with van der Waals surface area (Å²) in [6, 6.07) is 10.3. The Hall–Kier alpha value is -2.93. The molecule has 23 heavy (non-hydrogen) atoms. The number of halogens is 1. The van der Waals surface area contributed by atoms with Crippen molar-refractivity contribution in [3.63, 3.8) is 0 Å². The van der Waals surface area contributed by atoms with Crippen molar-refractivity contribution < 1.29 is 4.39 Å². The maximum Gasteiger partial charge on any atom is 0.235 e. The Balaban J connectivity index is 1.71. The van der Waals surface area contributed by atoms with E-state index >= 15 is 0 Å². The van der Waals surface area contributed by atoms with Crippen LogP contribution in [0.5, 0.6) is 0 Å². The molecule has 0 unspecified atom stereocenters. The van der Waals surface area contributed by atoms with Crippen molar-refractivity contribution in [3.05, 3.63) is 65.2 Å². The largest absolute Gasteiger partial charge is 0.264 e. The monoisotopic (exact) mass is 323 g/mol. The average molecular weight is 323 g/mol. The predicted octanol–water partition coefficient (Wildman–Crippen LogP) is 3.56. The number of benzene rings is 1. The summed E-state index contributed by atoms with van der Waals surface area (Å²) >= 11 is 1.39. The van der Waals surface area contributed by atoms with Crippen LogP contribution in [0.4, 0.5) is 4.39 Å². The minimum absolute atomic E-state index is 0.261. The first-order valence-corrected chi connectivity index (χ1v) is 7.68. The first kappa shape index (κ1) is 13.7. The summed E-state index contributed by atoms with van der Waals surface area (Å²) < 4.78 is 15.3. The standard InChI is InChI=1S/C16H10FN5S/c17-13-6-2-1-4-11(13)7-8-14-21-22-15(19-20-16(22)23-14)12-5-3-9-18-10-12/h1-10H/b8-7+. The number of hydrogen-bond donors (Lipinski definition) is 0. The van der Waals surface area contributed by atoms with Crippen LogP contribution in [0.3, 0.4) is 0 Å². The smallest absolute Gasteiger partial charge is 0.235 e. The predicted molar refractivity (Wildman–Crippen MR) is 87.2 cm³/mol. The van der Waals surface area contributed by atoms with Gasteiger partial charge in [0.1, 0.15) is 10.8 Å². The summed E-state index contributed by atoms with van der Waals surface area (Å²) in [6.07, 6.45) is 6.88. The first-order chi connectivity index (χ1) is 11.3. The third-order valence-electron chi connectivity index (χ3n) is 3.24. The molecule has 3 aromatic heterocycles. The lowest BCUT2D eigenvalue weighted by Crippen LogP contribution is -1.91. The molecule has 0 saturated heterocycles.